The Morgan fingerprint density at radius 3 is 2.36 bits per heavy atom. The van der Waals surface area contributed by atoms with E-state index in [0.29, 0.717) is 50.0 Å². The highest BCUT2D eigenvalue weighted by Gasteiger charge is 2.26. The van der Waals surface area contributed by atoms with E-state index in [1.165, 1.54) is 0 Å². The average molecular weight is 347 g/mol. The van der Waals surface area contributed by atoms with Gasteiger partial charge in [-0.05, 0) is 30.0 Å². The number of ether oxygens (including phenoxy) is 1. The molecule has 1 saturated heterocycles. The third kappa shape index (κ3) is 4.65. The summed E-state index contributed by atoms with van der Waals surface area (Å²) in [5.41, 5.74) is 1.71. The van der Waals surface area contributed by atoms with Crippen molar-refractivity contribution in [3.8, 4) is 5.75 Å². The first-order valence-corrected chi connectivity index (χ1v) is 8.97. The summed E-state index contributed by atoms with van der Waals surface area (Å²) in [5.74, 6) is 0.905. The largest absolute Gasteiger partial charge is 0.496 e. The molecule has 6 nitrogen and oxygen atoms in total. The van der Waals surface area contributed by atoms with Gasteiger partial charge < -0.3 is 19.9 Å². The lowest BCUT2D eigenvalue weighted by atomic mass is 9.99. The fraction of sp³-hybridized carbons (Fsp3) is 0.579. The molecular formula is C19H29N3O3. The highest BCUT2D eigenvalue weighted by Crippen LogP contribution is 2.25. The van der Waals surface area contributed by atoms with Gasteiger partial charge in [0.1, 0.15) is 5.75 Å². The van der Waals surface area contributed by atoms with Crippen molar-refractivity contribution in [2.45, 2.75) is 33.1 Å². The molecule has 0 saturated carbocycles. The van der Waals surface area contributed by atoms with Gasteiger partial charge in [-0.1, -0.05) is 26.8 Å². The Morgan fingerprint density at radius 2 is 1.80 bits per heavy atom. The van der Waals surface area contributed by atoms with E-state index >= 15 is 0 Å². The van der Waals surface area contributed by atoms with E-state index in [-0.39, 0.29) is 11.9 Å². The number of urea groups is 1. The summed E-state index contributed by atoms with van der Waals surface area (Å²) in [6.07, 6.45) is 0.913. The second-order valence-electron chi connectivity index (χ2n) is 6.63. The molecule has 1 fully saturated rings. The molecule has 1 heterocycles. The molecule has 0 aromatic heterocycles. The van der Waals surface area contributed by atoms with Crippen LogP contribution < -0.4 is 10.1 Å². The first-order chi connectivity index (χ1) is 12.0. The fourth-order valence-electron chi connectivity index (χ4n) is 2.88. The van der Waals surface area contributed by atoms with Crippen molar-refractivity contribution in [2.24, 2.45) is 0 Å². The van der Waals surface area contributed by atoms with Crippen molar-refractivity contribution in [3.05, 3.63) is 29.3 Å². The number of hydrogen-bond donors (Lipinski definition) is 1. The van der Waals surface area contributed by atoms with Crippen LogP contribution in [0.3, 0.4) is 0 Å². The number of methoxy groups -OCH3 is 1. The summed E-state index contributed by atoms with van der Waals surface area (Å²) in [7, 11) is 1.58. The molecule has 3 amide bonds. The van der Waals surface area contributed by atoms with E-state index < -0.39 is 0 Å². The standard InChI is InChI=1S/C19H29N3O3/c1-5-8-20-19(24)22-11-9-21(10-12-22)18(23)16-13-15(14(2)3)6-7-17(16)25-4/h6-7,13-14H,5,8-12H2,1-4H3,(H,20,24). The molecule has 0 atom stereocenters. The number of carbonyl (C=O) groups is 2. The van der Waals surface area contributed by atoms with Crippen LogP contribution in [-0.2, 0) is 0 Å². The number of rotatable bonds is 5. The molecule has 1 aliphatic rings. The van der Waals surface area contributed by atoms with Crippen molar-refractivity contribution in [1.82, 2.24) is 15.1 Å². The van der Waals surface area contributed by atoms with Gasteiger partial charge in [0.2, 0.25) is 0 Å². The van der Waals surface area contributed by atoms with Crippen LogP contribution in [-0.4, -0.2) is 61.6 Å². The summed E-state index contributed by atoms with van der Waals surface area (Å²) in [4.78, 5) is 28.5. The number of carbonyl (C=O) groups excluding carboxylic acids is 2. The van der Waals surface area contributed by atoms with Crippen molar-refractivity contribution < 1.29 is 14.3 Å². The Hall–Kier alpha value is -2.24. The Morgan fingerprint density at radius 1 is 1.16 bits per heavy atom. The zero-order chi connectivity index (χ0) is 18.4. The zero-order valence-corrected chi connectivity index (χ0v) is 15.7. The molecule has 0 bridgehead atoms. The first kappa shape index (κ1) is 19.1. The lowest BCUT2D eigenvalue weighted by Gasteiger charge is -2.35. The minimum Gasteiger partial charge on any atom is -0.496 e. The molecular weight excluding hydrogens is 318 g/mol. The van der Waals surface area contributed by atoms with Crippen molar-refractivity contribution in [1.29, 1.82) is 0 Å². The molecule has 2 rings (SSSR count). The molecule has 0 unspecified atom stereocenters. The molecule has 1 N–H and O–H groups in total. The molecule has 0 radical (unpaired) electrons. The van der Waals surface area contributed by atoms with Gasteiger partial charge in [0.25, 0.3) is 5.91 Å². The van der Waals surface area contributed by atoms with Crippen LogP contribution in [0.15, 0.2) is 18.2 Å². The monoisotopic (exact) mass is 347 g/mol. The summed E-state index contributed by atoms with van der Waals surface area (Å²) < 4.78 is 5.37. The van der Waals surface area contributed by atoms with Crippen LogP contribution in [0.5, 0.6) is 5.75 Å². The molecule has 0 spiro atoms. The topological polar surface area (TPSA) is 61.9 Å². The molecule has 6 heteroatoms. The van der Waals surface area contributed by atoms with Gasteiger partial charge in [-0.15, -0.1) is 0 Å². The Kier molecular flexibility index (Phi) is 6.67. The quantitative estimate of drug-likeness (QED) is 0.891. The average Bonchev–Trinajstić information content (AvgIpc) is 2.64. The second kappa shape index (κ2) is 8.74. The lowest BCUT2D eigenvalue weighted by molar-refractivity contribution is 0.0661. The maximum Gasteiger partial charge on any atom is 0.317 e. The fourth-order valence-corrected chi connectivity index (χ4v) is 2.88. The van der Waals surface area contributed by atoms with Gasteiger partial charge in [-0.2, -0.15) is 0 Å². The maximum absolute atomic E-state index is 12.9. The van der Waals surface area contributed by atoms with Crippen LogP contribution in [0.4, 0.5) is 4.79 Å². The molecule has 1 aromatic rings. The van der Waals surface area contributed by atoms with E-state index in [1.807, 2.05) is 25.1 Å². The Bertz CT molecular complexity index is 608. The highest BCUT2D eigenvalue weighted by molar-refractivity contribution is 5.97. The SMILES string of the molecule is CCCNC(=O)N1CCN(C(=O)c2cc(C(C)C)ccc2OC)CC1. The minimum absolute atomic E-state index is 0.0343. The van der Waals surface area contributed by atoms with E-state index in [0.717, 1.165) is 12.0 Å². The third-order valence-electron chi connectivity index (χ3n) is 4.50. The van der Waals surface area contributed by atoms with E-state index in [9.17, 15) is 9.59 Å². The van der Waals surface area contributed by atoms with Crippen LogP contribution in [0.25, 0.3) is 0 Å². The van der Waals surface area contributed by atoms with Crippen LogP contribution in [0.1, 0.15) is 49.0 Å². The normalized spacial score (nSPS) is 14.6. The summed E-state index contributed by atoms with van der Waals surface area (Å²) >= 11 is 0. The molecule has 1 aromatic carbocycles. The zero-order valence-electron chi connectivity index (χ0n) is 15.7. The molecule has 0 aliphatic carbocycles. The van der Waals surface area contributed by atoms with Gasteiger partial charge >= 0.3 is 6.03 Å². The number of piperazine rings is 1. The van der Waals surface area contributed by atoms with Crippen LogP contribution in [0.2, 0.25) is 0 Å². The van der Waals surface area contributed by atoms with Gasteiger partial charge in [0.15, 0.2) is 0 Å². The summed E-state index contributed by atoms with van der Waals surface area (Å²) in [5, 5.41) is 2.88. The Balaban J connectivity index is 2.05. The third-order valence-corrected chi connectivity index (χ3v) is 4.50. The van der Waals surface area contributed by atoms with Gasteiger partial charge in [-0.3, -0.25) is 4.79 Å². The van der Waals surface area contributed by atoms with Crippen molar-refractivity contribution in [2.75, 3.05) is 39.8 Å². The lowest BCUT2D eigenvalue weighted by Crippen LogP contribution is -2.53. The van der Waals surface area contributed by atoms with E-state index in [1.54, 1.807) is 16.9 Å². The van der Waals surface area contributed by atoms with E-state index in [4.69, 9.17) is 4.74 Å². The minimum atomic E-state index is -0.0478. The highest BCUT2D eigenvalue weighted by atomic mass is 16.5. The van der Waals surface area contributed by atoms with E-state index in [2.05, 4.69) is 19.2 Å². The number of hydrogen-bond acceptors (Lipinski definition) is 3. The summed E-state index contributed by atoms with van der Waals surface area (Å²) in [6.45, 7) is 9.07. The summed E-state index contributed by atoms with van der Waals surface area (Å²) in [6, 6.07) is 5.73. The van der Waals surface area contributed by atoms with Crippen LogP contribution in [0, 0.1) is 0 Å². The van der Waals surface area contributed by atoms with Gasteiger partial charge in [0.05, 0.1) is 12.7 Å². The molecule has 138 valence electrons. The maximum atomic E-state index is 12.9. The van der Waals surface area contributed by atoms with Crippen LogP contribution >= 0.6 is 0 Å². The number of amides is 3. The van der Waals surface area contributed by atoms with Crippen molar-refractivity contribution >= 4 is 11.9 Å². The number of nitrogens with one attached hydrogen (secondary N) is 1. The van der Waals surface area contributed by atoms with Gasteiger partial charge in [0, 0.05) is 32.7 Å². The Labute approximate surface area is 150 Å². The smallest absolute Gasteiger partial charge is 0.317 e. The number of nitrogens with zero attached hydrogens (tertiary/aromatic N) is 2. The molecule has 1 aliphatic heterocycles. The predicted octanol–water partition coefficient (Wildman–Crippen LogP) is 2.70. The molecule has 25 heavy (non-hydrogen) atoms. The van der Waals surface area contributed by atoms with Crippen molar-refractivity contribution in [3.63, 3.8) is 0 Å². The van der Waals surface area contributed by atoms with Gasteiger partial charge in [-0.25, -0.2) is 4.79 Å². The first-order valence-electron chi connectivity index (χ1n) is 8.97. The number of benzene rings is 1. The second-order valence-corrected chi connectivity index (χ2v) is 6.63. The predicted molar refractivity (Wildman–Crippen MR) is 98.2 cm³/mol.